The third-order valence-corrected chi connectivity index (χ3v) is 1.26. The molecule has 10 heavy (non-hydrogen) atoms. The summed E-state index contributed by atoms with van der Waals surface area (Å²) in [5.41, 5.74) is 1.43. The maximum absolute atomic E-state index is 3.60. The molecule has 0 aromatic rings. The van der Waals surface area contributed by atoms with Crippen LogP contribution in [0.5, 0.6) is 0 Å². The average Bonchev–Trinajstić information content (AvgIpc) is 1.89. The zero-order chi connectivity index (χ0) is 7.82. The Morgan fingerprint density at radius 1 is 1.50 bits per heavy atom. The molecule has 56 valence electrons. The summed E-state index contributed by atoms with van der Waals surface area (Å²) < 4.78 is 0. The highest BCUT2D eigenvalue weighted by molar-refractivity contribution is 5.07. The maximum atomic E-state index is 3.60. The highest BCUT2D eigenvalue weighted by Crippen LogP contribution is 2.01. The Morgan fingerprint density at radius 2 is 2.20 bits per heavy atom. The molecule has 0 N–H and O–H groups in total. The molecule has 0 amide bonds. The Bertz CT molecular complexity index is 138. The lowest BCUT2D eigenvalue weighted by Gasteiger charge is -1.91. The fourth-order valence-electron chi connectivity index (χ4n) is 0.782. The van der Waals surface area contributed by atoms with Gasteiger partial charge in [-0.15, -0.1) is 0 Å². The topological polar surface area (TPSA) is 0 Å². The van der Waals surface area contributed by atoms with Crippen LogP contribution >= 0.6 is 0 Å². The molecule has 0 rings (SSSR count). The highest BCUT2D eigenvalue weighted by Gasteiger charge is 1.80. The SMILES string of the molecule is C=CC=CC/C(C)=C\CC. The second-order valence-corrected chi connectivity index (χ2v) is 2.33. The molecule has 0 aromatic heterocycles. The van der Waals surface area contributed by atoms with E-state index in [0.29, 0.717) is 0 Å². The fourth-order valence-corrected chi connectivity index (χ4v) is 0.782. The second kappa shape index (κ2) is 6.34. The van der Waals surface area contributed by atoms with Crippen molar-refractivity contribution >= 4 is 0 Å². The zero-order valence-corrected chi connectivity index (χ0v) is 6.93. The number of allylic oxidation sites excluding steroid dienone is 5. The van der Waals surface area contributed by atoms with Gasteiger partial charge in [-0.05, 0) is 19.8 Å². The lowest BCUT2D eigenvalue weighted by molar-refractivity contribution is 1.12. The van der Waals surface area contributed by atoms with Crippen LogP contribution in [0.15, 0.2) is 36.5 Å². The molecule has 0 aromatic carbocycles. The first kappa shape index (κ1) is 9.22. The van der Waals surface area contributed by atoms with Crippen LogP contribution in [0.2, 0.25) is 0 Å². The molecule has 0 fully saturated rings. The molecule has 0 nitrogen and oxygen atoms in total. The van der Waals surface area contributed by atoms with Gasteiger partial charge in [0, 0.05) is 0 Å². The fraction of sp³-hybridized carbons (Fsp3) is 0.400. The summed E-state index contributed by atoms with van der Waals surface area (Å²) in [7, 11) is 0. The van der Waals surface area contributed by atoms with E-state index < -0.39 is 0 Å². The summed E-state index contributed by atoms with van der Waals surface area (Å²) in [4.78, 5) is 0. The van der Waals surface area contributed by atoms with Crippen molar-refractivity contribution < 1.29 is 0 Å². The van der Waals surface area contributed by atoms with Gasteiger partial charge >= 0.3 is 0 Å². The van der Waals surface area contributed by atoms with Crippen molar-refractivity contribution in [1.29, 1.82) is 0 Å². The van der Waals surface area contributed by atoms with Gasteiger partial charge in [0.2, 0.25) is 0 Å². The Labute approximate surface area is 64.0 Å². The molecular formula is C10H16. The van der Waals surface area contributed by atoms with E-state index in [-0.39, 0.29) is 0 Å². The van der Waals surface area contributed by atoms with Crippen LogP contribution < -0.4 is 0 Å². The Kier molecular flexibility index (Phi) is 5.85. The second-order valence-electron chi connectivity index (χ2n) is 2.33. The van der Waals surface area contributed by atoms with Gasteiger partial charge in [-0.25, -0.2) is 0 Å². The molecule has 0 spiro atoms. The van der Waals surface area contributed by atoms with Gasteiger partial charge in [0.1, 0.15) is 0 Å². The van der Waals surface area contributed by atoms with Gasteiger partial charge in [-0.1, -0.05) is 43.4 Å². The molecule has 0 heteroatoms. The van der Waals surface area contributed by atoms with Crippen LogP contribution in [0.4, 0.5) is 0 Å². The molecule has 0 aliphatic rings. The third-order valence-electron chi connectivity index (χ3n) is 1.26. The van der Waals surface area contributed by atoms with E-state index in [0.717, 1.165) is 12.8 Å². The van der Waals surface area contributed by atoms with Crippen molar-refractivity contribution in [3.05, 3.63) is 36.5 Å². The number of rotatable bonds is 4. The molecule has 0 bridgehead atoms. The van der Waals surface area contributed by atoms with Gasteiger partial charge in [0.15, 0.2) is 0 Å². The molecular weight excluding hydrogens is 120 g/mol. The van der Waals surface area contributed by atoms with Gasteiger partial charge in [-0.2, -0.15) is 0 Å². The van der Waals surface area contributed by atoms with Crippen molar-refractivity contribution in [2.75, 3.05) is 0 Å². The van der Waals surface area contributed by atoms with E-state index in [9.17, 15) is 0 Å². The summed E-state index contributed by atoms with van der Waals surface area (Å²) in [5.74, 6) is 0. The van der Waals surface area contributed by atoms with E-state index in [2.05, 4.69) is 32.6 Å². The third kappa shape index (κ3) is 5.36. The van der Waals surface area contributed by atoms with Crippen LogP contribution in [0, 0.1) is 0 Å². The van der Waals surface area contributed by atoms with Crippen molar-refractivity contribution in [2.45, 2.75) is 26.7 Å². The Morgan fingerprint density at radius 3 is 2.70 bits per heavy atom. The molecule has 0 radical (unpaired) electrons. The van der Waals surface area contributed by atoms with Crippen molar-refractivity contribution in [1.82, 2.24) is 0 Å². The smallest absolute Gasteiger partial charge is 0.0138 e. The van der Waals surface area contributed by atoms with Crippen LogP contribution in [0.25, 0.3) is 0 Å². The summed E-state index contributed by atoms with van der Waals surface area (Å²) in [6, 6.07) is 0. The maximum Gasteiger partial charge on any atom is -0.0138 e. The predicted molar refractivity (Wildman–Crippen MR) is 48.0 cm³/mol. The lowest BCUT2D eigenvalue weighted by Crippen LogP contribution is -1.70. The van der Waals surface area contributed by atoms with Crippen LogP contribution in [-0.2, 0) is 0 Å². The standard InChI is InChI=1S/C10H16/c1-4-6-7-9-10(3)8-5-2/h4,6-8H,1,5,9H2,2-3H3/b7-6?,10-8-. The van der Waals surface area contributed by atoms with Crippen LogP contribution in [-0.4, -0.2) is 0 Å². The lowest BCUT2D eigenvalue weighted by atomic mass is 10.2. The molecule has 0 saturated heterocycles. The van der Waals surface area contributed by atoms with Crippen LogP contribution in [0.1, 0.15) is 26.7 Å². The highest BCUT2D eigenvalue weighted by atomic mass is 13.9. The van der Waals surface area contributed by atoms with Crippen LogP contribution in [0.3, 0.4) is 0 Å². The normalized spacial score (nSPS) is 12.4. The van der Waals surface area contributed by atoms with Gasteiger partial charge in [0.25, 0.3) is 0 Å². The Balaban J connectivity index is 3.57. The largest absolute Gasteiger partial charge is 0.0991 e. The van der Waals surface area contributed by atoms with E-state index in [4.69, 9.17) is 0 Å². The van der Waals surface area contributed by atoms with Crippen molar-refractivity contribution in [2.24, 2.45) is 0 Å². The van der Waals surface area contributed by atoms with Gasteiger partial charge in [-0.3, -0.25) is 0 Å². The number of hydrogen-bond donors (Lipinski definition) is 0. The van der Waals surface area contributed by atoms with Crippen molar-refractivity contribution in [3.63, 3.8) is 0 Å². The zero-order valence-electron chi connectivity index (χ0n) is 6.93. The van der Waals surface area contributed by atoms with E-state index >= 15 is 0 Å². The summed E-state index contributed by atoms with van der Waals surface area (Å²) in [6.07, 6.45) is 10.3. The predicted octanol–water partition coefficient (Wildman–Crippen LogP) is 3.48. The summed E-state index contributed by atoms with van der Waals surface area (Å²) in [5, 5.41) is 0. The quantitative estimate of drug-likeness (QED) is 0.410. The van der Waals surface area contributed by atoms with E-state index in [1.807, 2.05) is 6.08 Å². The molecule has 0 unspecified atom stereocenters. The monoisotopic (exact) mass is 136 g/mol. The minimum Gasteiger partial charge on any atom is -0.0991 e. The van der Waals surface area contributed by atoms with Gasteiger partial charge in [0.05, 0.1) is 0 Å². The average molecular weight is 136 g/mol. The minimum atomic E-state index is 1.06. The van der Waals surface area contributed by atoms with Crippen molar-refractivity contribution in [3.8, 4) is 0 Å². The molecule has 0 aliphatic heterocycles. The van der Waals surface area contributed by atoms with E-state index in [1.54, 1.807) is 6.08 Å². The molecule has 0 aliphatic carbocycles. The molecule has 0 saturated carbocycles. The first-order valence-electron chi connectivity index (χ1n) is 3.74. The first-order chi connectivity index (χ1) is 4.81. The van der Waals surface area contributed by atoms with Gasteiger partial charge < -0.3 is 0 Å². The number of hydrogen-bond acceptors (Lipinski definition) is 0. The minimum absolute atomic E-state index is 1.06. The summed E-state index contributed by atoms with van der Waals surface area (Å²) in [6.45, 7) is 7.90. The summed E-state index contributed by atoms with van der Waals surface area (Å²) >= 11 is 0. The molecule has 0 heterocycles. The van der Waals surface area contributed by atoms with E-state index in [1.165, 1.54) is 5.57 Å². The molecule has 0 atom stereocenters. The Hall–Kier alpha value is -0.780. The first-order valence-corrected chi connectivity index (χ1v) is 3.74.